The van der Waals surface area contributed by atoms with E-state index in [0.717, 1.165) is 6.42 Å². The molecule has 1 aliphatic heterocycles. The molecule has 2 unspecified atom stereocenters. The van der Waals surface area contributed by atoms with E-state index in [9.17, 15) is 14.7 Å². The second-order valence-electron chi connectivity index (χ2n) is 4.88. The number of aliphatic hydroxyl groups excluding tert-OH is 1. The highest BCUT2D eigenvalue weighted by Gasteiger charge is 2.34. The monoisotopic (exact) mass is 250 g/mol. The van der Waals surface area contributed by atoms with Gasteiger partial charge in [0.1, 0.15) is 0 Å². The van der Waals surface area contributed by atoms with Crippen LogP contribution in [0.3, 0.4) is 0 Å². The van der Waals surface area contributed by atoms with E-state index < -0.39 is 0 Å². The lowest BCUT2D eigenvalue weighted by Gasteiger charge is -2.25. The lowest BCUT2D eigenvalue weighted by atomic mass is 10.0. The lowest BCUT2D eigenvalue weighted by Crippen LogP contribution is -2.40. The van der Waals surface area contributed by atoms with Crippen molar-refractivity contribution in [2.24, 2.45) is 13.0 Å². The van der Waals surface area contributed by atoms with Crippen molar-refractivity contribution in [2.45, 2.75) is 19.4 Å². The molecule has 1 aliphatic rings. The number of carbonyl (C=O) groups excluding carboxylic acids is 1. The van der Waals surface area contributed by atoms with Gasteiger partial charge in [-0.1, -0.05) is 6.92 Å². The van der Waals surface area contributed by atoms with Gasteiger partial charge >= 0.3 is 0 Å². The van der Waals surface area contributed by atoms with Crippen LogP contribution >= 0.6 is 0 Å². The molecule has 0 spiro atoms. The molecule has 0 bridgehead atoms. The molecule has 1 fully saturated rings. The summed E-state index contributed by atoms with van der Waals surface area (Å²) in [7, 11) is 1.64. The van der Waals surface area contributed by atoms with Crippen LogP contribution in [-0.4, -0.2) is 39.7 Å². The third-order valence-corrected chi connectivity index (χ3v) is 3.68. The molecule has 0 aromatic carbocycles. The number of hydrogen-bond donors (Lipinski definition) is 1. The molecule has 2 heterocycles. The van der Waals surface area contributed by atoms with E-state index in [0.29, 0.717) is 18.0 Å². The van der Waals surface area contributed by atoms with Crippen LogP contribution in [-0.2, 0) is 7.05 Å². The Kier molecular flexibility index (Phi) is 3.52. The van der Waals surface area contributed by atoms with Gasteiger partial charge in [-0.15, -0.1) is 0 Å². The summed E-state index contributed by atoms with van der Waals surface area (Å²) >= 11 is 0. The number of pyridine rings is 1. The van der Waals surface area contributed by atoms with E-state index in [1.54, 1.807) is 24.2 Å². The standard InChI is InChI=1S/C13H18N2O3/c1-9-3-6-15(11(9)8-16)13(18)10-4-5-14(2)12(17)7-10/h4-5,7,9,11,16H,3,6,8H2,1-2H3. The number of nitrogens with zero attached hydrogens (tertiary/aromatic N) is 2. The smallest absolute Gasteiger partial charge is 0.254 e. The number of aromatic nitrogens is 1. The zero-order valence-corrected chi connectivity index (χ0v) is 10.7. The quantitative estimate of drug-likeness (QED) is 0.817. The maximum atomic E-state index is 12.3. The van der Waals surface area contributed by atoms with Gasteiger partial charge < -0.3 is 14.6 Å². The van der Waals surface area contributed by atoms with Crippen molar-refractivity contribution in [2.75, 3.05) is 13.2 Å². The third kappa shape index (κ3) is 2.18. The summed E-state index contributed by atoms with van der Waals surface area (Å²) in [6.07, 6.45) is 2.48. The van der Waals surface area contributed by atoms with Gasteiger partial charge in [0, 0.05) is 31.4 Å². The van der Waals surface area contributed by atoms with E-state index in [-0.39, 0.29) is 24.1 Å². The molecule has 1 N–H and O–H groups in total. The van der Waals surface area contributed by atoms with E-state index >= 15 is 0 Å². The molecule has 1 amide bonds. The summed E-state index contributed by atoms with van der Waals surface area (Å²) in [6.45, 7) is 2.64. The van der Waals surface area contributed by atoms with Crippen LogP contribution in [0.2, 0.25) is 0 Å². The fourth-order valence-corrected chi connectivity index (χ4v) is 2.39. The largest absolute Gasteiger partial charge is 0.394 e. The fraction of sp³-hybridized carbons (Fsp3) is 0.538. The van der Waals surface area contributed by atoms with Gasteiger partial charge in [-0.3, -0.25) is 9.59 Å². The Morgan fingerprint density at radius 1 is 1.56 bits per heavy atom. The Labute approximate surface area is 106 Å². The molecule has 1 aromatic rings. The molecule has 2 rings (SSSR count). The minimum absolute atomic E-state index is 0.0300. The van der Waals surface area contributed by atoms with Gasteiger partial charge in [0.05, 0.1) is 12.6 Å². The van der Waals surface area contributed by atoms with Crippen LogP contribution in [0.15, 0.2) is 23.1 Å². The molecule has 2 atom stereocenters. The van der Waals surface area contributed by atoms with Gasteiger partial charge in [0.25, 0.3) is 11.5 Å². The van der Waals surface area contributed by atoms with E-state index in [1.807, 2.05) is 6.92 Å². The van der Waals surface area contributed by atoms with Gasteiger partial charge in [-0.2, -0.15) is 0 Å². The molecule has 5 heteroatoms. The molecular weight excluding hydrogens is 232 g/mol. The highest BCUT2D eigenvalue weighted by molar-refractivity contribution is 5.94. The Bertz CT molecular complexity index is 509. The average molecular weight is 250 g/mol. The zero-order chi connectivity index (χ0) is 13.3. The van der Waals surface area contributed by atoms with Gasteiger partial charge in [-0.05, 0) is 18.4 Å². The summed E-state index contributed by atoms with van der Waals surface area (Å²) < 4.78 is 1.42. The van der Waals surface area contributed by atoms with Crippen molar-refractivity contribution >= 4 is 5.91 Å². The van der Waals surface area contributed by atoms with Crippen molar-refractivity contribution in [1.82, 2.24) is 9.47 Å². The zero-order valence-electron chi connectivity index (χ0n) is 10.7. The number of amides is 1. The molecule has 0 aliphatic carbocycles. The highest BCUT2D eigenvalue weighted by Crippen LogP contribution is 2.24. The molecule has 98 valence electrons. The number of aliphatic hydroxyl groups is 1. The summed E-state index contributed by atoms with van der Waals surface area (Å²) in [5, 5.41) is 9.34. The predicted octanol–water partition coefficient (Wildman–Crippen LogP) is 0.228. The number of carbonyl (C=O) groups is 1. The molecule has 0 radical (unpaired) electrons. The summed E-state index contributed by atoms with van der Waals surface area (Å²) in [5.41, 5.74) is 0.194. The van der Waals surface area contributed by atoms with Crippen LogP contribution in [0.1, 0.15) is 23.7 Å². The highest BCUT2D eigenvalue weighted by atomic mass is 16.3. The van der Waals surface area contributed by atoms with Crippen LogP contribution in [0.5, 0.6) is 0 Å². The molecule has 1 saturated heterocycles. The average Bonchev–Trinajstić information content (AvgIpc) is 2.73. The Hall–Kier alpha value is -1.62. The van der Waals surface area contributed by atoms with E-state index in [1.165, 1.54) is 10.6 Å². The van der Waals surface area contributed by atoms with Crippen LogP contribution < -0.4 is 5.56 Å². The molecule has 5 nitrogen and oxygen atoms in total. The fourth-order valence-electron chi connectivity index (χ4n) is 2.39. The Balaban J connectivity index is 2.26. The maximum Gasteiger partial charge on any atom is 0.254 e. The van der Waals surface area contributed by atoms with Crippen molar-refractivity contribution in [3.05, 3.63) is 34.2 Å². The lowest BCUT2D eigenvalue weighted by molar-refractivity contribution is 0.0648. The normalized spacial score (nSPS) is 23.4. The number of hydrogen-bond acceptors (Lipinski definition) is 3. The SMILES string of the molecule is CC1CCN(C(=O)c2ccn(C)c(=O)c2)C1CO. The van der Waals surface area contributed by atoms with Crippen LogP contribution in [0.25, 0.3) is 0 Å². The van der Waals surface area contributed by atoms with Crippen molar-refractivity contribution < 1.29 is 9.90 Å². The van der Waals surface area contributed by atoms with Crippen molar-refractivity contribution in [3.8, 4) is 0 Å². The minimum atomic E-state index is -0.200. The van der Waals surface area contributed by atoms with E-state index in [2.05, 4.69) is 0 Å². The second kappa shape index (κ2) is 4.94. The van der Waals surface area contributed by atoms with Gasteiger partial charge in [-0.25, -0.2) is 0 Å². The summed E-state index contributed by atoms with van der Waals surface area (Å²) in [4.78, 5) is 25.5. The Morgan fingerprint density at radius 3 is 2.89 bits per heavy atom. The number of rotatable bonds is 2. The van der Waals surface area contributed by atoms with Crippen molar-refractivity contribution in [1.29, 1.82) is 0 Å². The summed E-state index contributed by atoms with van der Waals surface area (Å²) in [5.74, 6) is 0.126. The second-order valence-corrected chi connectivity index (χ2v) is 4.88. The predicted molar refractivity (Wildman–Crippen MR) is 67.4 cm³/mol. The minimum Gasteiger partial charge on any atom is -0.394 e. The number of aryl methyl sites for hydroxylation is 1. The molecule has 1 aromatic heterocycles. The summed E-state index contributed by atoms with van der Waals surface area (Å²) in [6, 6.07) is 2.85. The molecular formula is C13H18N2O3. The first-order valence-electron chi connectivity index (χ1n) is 6.13. The third-order valence-electron chi connectivity index (χ3n) is 3.68. The molecule has 0 saturated carbocycles. The maximum absolute atomic E-state index is 12.3. The molecule has 18 heavy (non-hydrogen) atoms. The van der Waals surface area contributed by atoms with Crippen LogP contribution in [0, 0.1) is 5.92 Å². The first-order chi connectivity index (χ1) is 8.54. The van der Waals surface area contributed by atoms with Gasteiger partial charge in [0.15, 0.2) is 0 Å². The van der Waals surface area contributed by atoms with E-state index in [4.69, 9.17) is 0 Å². The van der Waals surface area contributed by atoms with Gasteiger partial charge in [0.2, 0.25) is 0 Å². The van der Waals surface area contributed by atoms with Crippen molar-refractivity contribution in [3.63, 3.8) is 0 Å². The first-order valence-corrected chi connectivity index (χ1v) is 6.13. The van der Waals surface area contributed by atoms with Crippen LogP contribution in [0.4, 0.5) is 0 Å². The topological polar surface area (TPSA) is 62.5 Å². The first kappa shape index (κ1) is 12.8. The Morgan fingerprint density at radius 2 is 2.28 bits per heavy atom. The number of likely N-dealkylation sites (tertiary alicyclic amines) is 1.